The second-order valence-electron chi connectivity index (χ2n) is 2.59. The minimum absolute atomic E-state index is 0.116. The van der Waals surface area contributed by atoms with Crippen LogP contribution in [0, 0.1) is 3.57 Å². The molecule has 0 fully saturated rings. The molecule has 1 amide bonds. The van der Waals surface area contributed by atoms with Gasteiger partial charge in [-0.3, -0.25) is 4.79 Å². The molecule has 0 spiro atoms. The molecule has 1 aromatic rings. The van der Waals surface area contributed by atoms with Gasteiger partial charge < -0.3 is 0 Å². The number of amides is 1. The fourth-order valence-electron chi connectivity index (χ4n) is 1.26. The van der Waals surface area contributed by atoms with E-state index in [-0.39, 0.29) is 5.91 Å². The van der Waals surface area contributed by atoms with Gasteiger partial charge in [0.2, 0.25) is 0 Å². The Morgan fingerprint density at radius 3 is 3.00 bits per heavy atom. The first-order valence-corrected chi connectivity index (χ1v) is 4.71. The molecule has 0 atom stereocenters. The van der Waals surface area contributed by atoms with Crippen molar-refractivity contribution in [3.8, 4) is 0 Å². The molecular formula is C9H6INO. The second kappa shape index (κ2) is 2.97. The largest absolute Gasteiger partial charge is 0.276 e. The molecule has 0 bridgehead atoms. The third-order valence-electron chi connectivity index (χ3n) is 1.85. The van der Waals surface area contributed by atoms with Crippen molar-refractivity contribution in [2.75, 3.05) is 0 Å². The van der Waals surface area contributed by atoms with E-state index in [1.165, 1.54) is 0 Å². The molecule has 2 rings (SSSR count). The molecule has 3 heteroatoms. The number of carbonyl (C=O) groups excluding carboxylic acids is 1. The van der Waals surface area contributed by atoms with E-state index in [2.05, 4.69) is 27.6 Å². The number of halogens is 1. The summed E-state index contributed by atoms with van der Waals surface area (Å²) in [6, 6.07) is 5.72. The Morgan fingerprint density at radius 2 is 2.25 bits per heavy atom. The van der Waals surface area contributed by atoms with Crippen molar-refractivity contribution in [1.82, 2.24) is 0 Å². The Morgan fingerprint density at radius 1 is 1.42 bits per heavy atom. The predicted octanol–water partition coefficient (Wildman–Crippen LogP) is 2.06. The van der Waals surface area contributed by atoms with Crippen LogP contribution < -0.4 is 0 Å². The van der Waals surface area contributed by atoms with Gasteiger partial charge in [-0.2, -0.15) is 0 Å². The van der Waals surface area contributed by atoms with Crippen molar-refractivity contribution >= 4 is 34.7 Å². The van der Waals surface area contributed by atoms with Gasteiger partial charge in [0.15, 0.2) is 0 Å². The summed E-state index contributed by atoms with van der Waals surface area (Å²) in [6.45, 7) is 0. The first-order valence-electron chi connectivity index (χ1n) is 3.63. The minimum Gasteiger partial charge on any atom is -0.267 e. The lowest BCUT2D eigenvalue weighted by molar-refractivity contribution is 0.100. The fraction of sp³-hybridized carbons (Fsp3) is 0.111. The summed E-state index contributed by atoms with van der Waals surface area (Å²) in [4.78, 5) is 15.0. The van der Waals surface area contributed by atoms with E-state index in [9.17, 15) is 4.79 Å². The lowest BCUT2D eigenvalue weighted by Gasteiger charge is -2.09. The highest BCUT2D eigenvalue weighted by molar-refractivity contribution is 14.1. The first-order chi connectivity index (χ1) is 5.79. The lowest BCUT2D eigenvalue weighted by atomic mass is 10.0. The number of fused-ring (bicyclic) bond motifs is 1. The second-order valence-corrected chi connectivity index (χ2v) is 3.75. The maximum Gasteiger partial charge on any atom is 0.276 e. The Balaban J connectivity index is 2.65. The van der Waals surface area contributed by atoms with E-state index in [0.29, 0.717) is 0 Å². The van der Waals surface area contributed by atoms with Crippen LogP contribution in [0.1, 0.15) is 15.9 Å². The minimum atomic E-state index is -0.116. The maximum absolute atomic E-state index is 11.2. The van der Waals surface area contributed by atoms with E-state index < -0.39 is 0 Å². The van der Waals surface area contributed by atoms with Gasteiger partial charge in [0.05, 0.1) is 0 Å². The number of hydrogen-bond donors (Lipinski definition) is 0. The zero-order valence-electron chi connectivity index (χ0n) is 6.25. The zero-order valence-corrected chi connectivity index (χ0v) is 8.41. The molecule has 1 heterocycles. The van der Waals surface area contributed by atoms with E-state index in [1.54, 1.807) is 6.21 Å². The van der Waals surface area contributed by atoms with Crippen LogP contribution in [0.4, 0.5) is 0 Å². The van der Waals surface area contributed by atoms with Gasteiger partial charge in [0.25, 0.3) is 5.91 Å². The summed E-state index contributed by atoms with van der Waals surface area (Å²) in [5.41, 5.74) is 1.86. The van der Waals surface area contributed by atoms with Crippen molar-refractivity contribution in [1.29, 1.82) is 0 Å². The summed E-state index contributed by atoms with van der Waals surface area (Å²) in [6.07, 6.45) is 2.45. The van der Waals surface area contributed by atoms with Gasteiger partial charge in [-0.25, -0.2) is 4.99 Å². The monoisotopic (exact) mass is 271 g/mol. The third-order valence-corrected chi connectivity index (χ3v) is 2.86. The standard InChI is InChI=1S/C9H6INO/c10-8-3-1-2-7-6(8)4-5-11-9(7)12/h1-3,5H,4H2. The average Bonchev–Trinajstić information content (AvgIpc) is 2.07. The van der Waals surface area contributed by atoms with Crippen LogP contribution in [0.2, 0.25) is 0 Å². The molecular weight excluding hydrogens is 265 g/mol. The van der Waals surface area contributed by atoms with Gasteiger partial charge in [0, 0.05) is 21.8 Å². The van der Waals surface area contributed by atoms with Gasteiger partial charge >= 0.3 is 0 Å². The van der Waals surface area contributed by atoms with Crippen LogP contribution in [0.15, 0.2) is 23.2 Å². The number of rotatable bonds is 0. The molecule has 1 aliphatic rings. The average molecular weight is 271 g/mol. The van der Waals surface area contributed by atoms with E-state index in [0.717, 1.165) is 21.1 Å². The SMILES string of the molecule is O=C1N=CCc2c(I)cccc21. The van der Waals surface area contributed by atoms with Crippen molar-refractivity contribution in [3.05, 3.63) is 32.9 Å². The zero-order chi connectivity index (χ0) is 8.55. The summed E-state index contributed by atoms with van der Waals surface area (Å²) in [7, 11) is 0. The molecule has 0 saturated heterocycles. The number of benzene rings is 1. The summed E-state index contributed by atoms with van der Waals surface area (Å²) < 4.78 is 1.14. The molecule has 12 heavy (non-hydrogen) atoms. The van der Waals surface area contributed by atoms with Gasteiger partial charge in [-0.15, -0.1) is 0 Å². The van der Waals surface area contributed by atoms with Crippen LogP contribution in [-0.2, 0) is 6.42 Å². The van der Waals surface area contributed by atoms with E-state index in [1.807, 2.05) is 18.2 Å². The van der Waals surface area contributed by atoms with E-state index in [4.69, 9.17) is 0 Å². The van der Waals surface area contributed by atoms with E-state index >= 15 is 0 Å². The number of carbonyl (C=O) groups is 1. The van der Waals surface area contributed by atoms with Gasteiger partial charge in [-0.1, -0.05) is 6.07 Å². The summed E-state index contributed by atoms with van der Waals surface area (Å²) in [5, 5.41) is 0. The van der Waals surface area contributed by atoms with Crippen molar-refractivity contribution in [2.45, 2.75) is 6.42 Å². The van der Waals surface area contributed by atoms with Crippen LogP contribution >= 0.6 is 22.6 Å². The maximum atomic E-state index is 11.2. The molecule has 0 radical (unpaired) electrons. The highest BCUT2D eigenvalue weighted by Crippen LogP contribution is 2.20. The predicted molar refractivity (Wildman–Crippen MR) is 55.7 cm³/mol. The molecule has 0 unspecified atom stereocenters. The Labute approximate surface area is 83.8 Å². The third kappa shape index (κ3) is 1.18. The number of nitrogens with zero attached hydrogens (tertiary/aromatic N) is 1. The van der Waals surface area contributed by atoms with Gasteiger partial charge in [0.1, 0.15) is 0 Å². The summed E-state index contributed by atoms with van der Waals surface area (Å²) in [5.74, 6) is -0.116. The van der Waals surface area contributed by atoms with Crippen molar-refractivity contribution in [2.24, 2.45) is 4.99 Å². The van der Waals surface area contributed by atoms with Crippen LogP contribution in [-0.4, -0.2) is 12.1 Å². The van der Waals surface area contributed by atoms with Crippen molar-refractivity contribution < 1.29 is 4.79 Å². The Hall–Kier alpha value is -0.710. The molecule has 0 saturated carbocycles. The number of aliphatic imine (C=N–C) groups is 1. The first kappa shape index (κ1) is 7.91. The molecule has 0 aliphatic carbocycles. The van der Waals surface area contributed by atoms with Crippen LogP contribution in [0.5, 0.6) is 0 Å². The normalized spacial score (nSPS) is 14.6. The van der Waals surface area contributed by atoms with Crippen LogP contribution in [0.25, 0.3) is 0 Å². The Bertz CT molecular complexity index is 371. The highest BCUT2D eigenvalue weighted by atomic mass is 127. The molecule has 1 aromatic carbocycles. The molecule has 60 valence electrons. The van der Waals surface area contributed by atoms with Crippen molar-refractivity contribution in [3.63, 3.8) is 0 Å². The molecule has 1 aliphatic heterocycles. The smallest absolute Gasteiger partial charge is 0.267 e. The molecule has 2 nitrogen and oxygen atoms in total. The van der Waals surface area contributed by atoms with Crippen LogP contribution in [0.3, 0.4) is 0 Å². The van der Waals surface area contributed by atoms with Gasteiger partial charge in [-0.05, 0) is 40.3 Å². The molecule has 0 aromatic heterocycles. The Kier molecular flexibility index (Phi) is 1.96. The summed E-state index contributed by atoms with van der Waals surface area (Å²) >= 11 is 2.24. The number of hydrogen-bond acceptors (Lipinski definition) is 1. The highest BCUT2D eigenvalue weighted by Gasteiger charge is 2.14. The molecule has 0 N–H and O–H groups in total. The topological polar surface area (TPSA) is 29.4 Å². The quantitative estimate of drug-likeness (QED) is 0.664. The lowest BCUT2D eigenvalue weighted by Crippen LogP contribution is -2.09. The fourth-order valence-corrected chi connectivity index (χ4v) is 1.97.